The van der Waals surface area contributed by atoms with Crippen LogP contribution in [0, 0.1) is 0 Å². The Kier molecular flexibility index (Phi) is 14.8. The zero-order valence-electron chi connectivity index (χ0n) is 8.14. The molecule has 0 atom stereocenters. The molecule has 0 aliphatic heterocycles. The first kappa shape index (κ1) is 13.8. The second-order valence-corrected chi connectivity index (χ2v) is 2.63. The molecule has 0 bridgehead atoms. The third-order valence-electron chi connectivity index (χ3n) is 1.53. The topological polar surface area (TPSA) is 43.1 Å². The highest BCUT2D eigenvalue weighted by atomic mass is 16.1. The highest BCUT2D eigenvalue weighted by molar-refractivity contribution is 5.73. The molecule has 0 saturated heterocycles. The van der Waals surface area contributed by atoms with E-state index in [1.165, 1.54) is 19.3 Å². The van der Waals surface area contributed by atoms with Crippen molar-refractivity contribution >= 4 is 5.91 Å². The number of rotatable bonds is 6. The van der Waals surface area contributed by atoms with Crippen molar-refractivity contribution in [1.82, 2.24) is 0 Å². The summed E-state index contributed by atoms with van der Waals surface area (Å²) in [5.41, 5.74) is 4.97. The van der Waals surface area contributed by atoms with E-state index in [9.17, 15) is 4.79 Å². The van der Waals surface area contributed by atoms with Crippen molar-refractivity contribution in [1.29, 1.82) is 0 Å². The molecule has 0 aromatic heterocycles. The van der Waals surface area contributed by atoms with Crippen LogP contribution in [0.1, 0.15) is 45.4 Å². The van der Waals surface area contributed by atoms with Crippen molar-refractivity contribution in [2.75, 3.05) is 0 Å². The van der Waals surface area contributed by atoms with E-state index in [2.05, 4.69) is 20.1 Å². The van der Waals surface area contributed by atoms with Crippen LogP contribution in [0.3, 0.4) is 0 Å². The average molecular weight is 171 g/mol. The SMILES string of the molecule is C=C.CCCCCCCC(N)=O. The predicted octanol–water partition coefficient (Wildman–Crippen LogP) is 2.63. The summed E-state index contributed by atoms with van der Waals surface area (Å²) in [7, 11) is 0. The van der Waals surface area contributed by atoms with Crippen LogP contribution in [0.15, 0.2) is 13.2 Å². The summed E-state index contributed by atoms with van der Waals surface area (Å²) in [5, 5.41) is 0. The van der Waals surface area contributed by atoms with Crippen molar-refractivity contribution in [2.24, 2.45) is 5.73 Å². The van der Waals surface area contributed by atoms with Crippen LogP contribution in [-0.2, 0) is 4.79 Å². The molecule has 0 spiro atoms. The van der Waals surface area contributed by atoms with Crippen LogP contribution < -0.4 is 5.73 Å². The lowest BCUT2D eigenvalue weighted by atomic mass is 10.1. The summed E-state index contributed by atoms with van der Waals surface area (Å²) >= 11 is 0. The van der Waals surface area contributed by atoms with E-state index in [1.54, 1.807) is 0 Å². The molecule has 0 aromatic carbocycles. The number of carbonyl (C=O) groups is 1. The molecule has 12 heavy (non-hydrogen) atoms. The fourth-order valence-electron chi connectivity index (χ4n) is 0.903. The van der Waals surface area contributed by atoms with E-state index in [0.29, 0.717) is 6.42 Å². The van der Waals surface area contributed by atoms with Gasteiger partial charge < -0.3 is 5.73 Å². The molecule has 1 amide bonds. The lowest BCUT2D eigenvalue weighted by Crippen LogP contribution is -2.09. The van der Waals surface area contributed by atoms with E-state index < -0.39 is 0 Å². The van der Waals surface area contributed by atoms with Gasteiger partial charge in [0.05, 0.1) is 0 Å². The second kappa shape index (κ2) is 12.8. The van der Waals surface area contributed by atoms with E-state index in [-0.39, 0.29) is 5.91 Å². The summed E-state index contributed by atoms with van der Waals surface area (Å²) in [6, 6.07) is 0. The number of unbranched alkanes of at least 4 members (excludes halogenated alkanes) is 4. The molecule has 2 heteroatoms. The summed E-state index contributed by atoms with van der Waals surface area (Å²) < 4.78 is 0. The molecule has 0 heterocycles. The molecule has 0 aliphatic carbocycles. The van der Waals surface area contributed by atoms with E-state index in [0.717, 1.165) is 12.8 Å². The van der Waals surface area contributed by atoms with Gasteiger partial charge in [-0.15, -0.1) is 13.2 Å². The van der Waals surface area contributed by atoms with Crippen molar-refractivity contribution in [3.63, 3.8) is 0 Å². The van der Waals surface area contributed by atoms with Crippen molar-refractivity contribution in [3.05, 3.63) is 13.2 Å². The Morgan fingerprint density at radius 1 is 1.17 bits per heavy atom. The first-order valence-corrected chi connectivity index (χ1v) is 4.55. The molecule has 0 aromatic rings. The number of carbonyl (C=O) groups excluding carboxylic acids is 1. The van der Waals surface area contributed by atoms with Crippen molar-refractivity contribution < 1.29 is 4.79 Å². The molecule has 0 fully saturated rings. The van der Waals surface area contributed by atoms with Crippen LogP contribution in [0.4, 0.5) is 0 Å². The Morgan fingerprint density at radius 2 is 1.67 bits per heavy atom. The highest BCUT2D eigenvalue weighted by Crippen LogP contribution is 2.03. The quantitative estimate of drug-likeness (QED) is 0.484. The summed E-state index contributed by atoms with van der Waals surface area (Å²) in [5.74, 6) is -0.170. The third-order valence-corrected chi connectivity index (χ3v) is 1.53. The van der Waals surface area contributed by atoms with Gasteiger partial charge in [-0.25, -0.2) is 0 Å². The number of amides is 1. The largest absolute Gasteiger partial charge is 0.370 e. The lowest BCUT2D eigenvalue weighted by Gasteiger charge is -1.95. The summed E-state index contributed by atoms with van der Waals surface area (Å²) in [6.07, 6.45) is 6.44. The normalized spacial score (nSPS) is 8.42. The Morgan fingerprint density at radius 3 is 2.08 bits per heavy atom. The van der Waals surface area contributed by atoms with Gasteiger partial charge >= 0.3 is 0 Å². The maximum absolute atomic E-state index is 10.3. The van der Waals surface area contributed by atoms with Crippen LogP contribution in [0.25, 0.3) is 0 Å². The highest BCUT2D eigenvalue weighted by Gasteiger charge is 1.92. The fraction of sp³-hybridized carbons (Fsp3) is 0.700. The zero-order chi connectivity index (χ0) is 9.82. The molecule has 0 aliphatic rings. The van der Waals surface area contributed by atoms with E-state index in [1.807, 2.05) is 0 Å². The first-order valence-electron chi connectivity index (χ1n) is 4.55. The Hall–Kier alpha value is -0.790. The maximum Gasteiger partial charge on any atom is 0.217 e. The minimum absolute atomic E-state index is 0.170. The van der Waals surface area contributed by atoms with Gasteiger partial charge in [0.15, 0.2) is 0 Å². The Balaban J connectivity index is 0. The van der Waals surface area contributed by atoms with Crippen LogP contribution in [0.5, 0.6) is 0 Å². The minimum atomic E-state index is -0.170. The standard InChI is InChI=1S/C8H17NO.C2H4/c1-2-3-4-5-6-7-8(9)10;1-2/h2-7H2,1H3,(H2,9,10);1-2H2. The molecule has 2 nitrogen and oxygen atoms in total. The van der Waals surface area contributed by atoms with Crippen LogP contribution >= 0.6 is 0 Å². The third kappa shape index (κ3) is 16.1. The number of hydrogen-bond donors (Lipinski definition) is 1. The van der Waals surface area contributed by atoms with Crippen molar-refractivity contribution in [3.8, 4) is 0 Å². The summed E-state index contributed by atoms with van der Waals surface area (Å²) in [4.78, 5) is 10.3. The van der Waals surface area contributed by atoms with Crippen LogP contribution in [0.2, 0.25) is 0 Å². The fourth-order valence-corrected chi connectivity index (χ4v) is 0.903. The molecule has 0 saturated carbocycles. The number of hydrogen-bond acceptors (Lipinski definition) is 1. The van der Waals surface area contributed by atoms with Gasteiger partial charge in [-0.3, -0.25) is 4.79 Å². The van der Waals surface area contributed by atoms with Gasteiger partial charge in [-0.2, -0.15) is 0 Å². The molecular formula is C10H21NO. The smallest absolute Gasteiger partial charge is 0.217 e. The van der Waals surface area contributed by atoms with Gasteiger partial charge in [0.25, 0.3) is 0 Å². The molecular weight excluding hydrogens is 150 g/mol. The monoisotopic (exact) mass is 171 g/mol. The van der Waals surface area contributed by atoms with Gasteiger partial charge in [0.1, 0.15) is 0 Å². The van der Waals surface area contributed by atoms with Crippen LogP contribution in [-0.4, -0.2) is 5.91 Å². The zero-order valence-corrected chi connectivity index (χ0v) is 8.14. The number of primary amides is 1. The molecule has 2 N–H and O–H groups in total. The lowest BCUT2D eigenvalue weighted by molar-refractivity contribution is -0.118. The Bertz CT molecular complexity index is 102. The average Bonchev–Trinajstić information content (AvgIpc) is 2.07. The van der Waals surface area contributed by atoms with Gasteiger partial charge in [0.2, 0.25) is 5.91 Å². The van der Waals surface area contributed by atoms with Gasteiger partial charge in [-0.1, -0.05) is 32.6 Å². The number of nitrogens with two attached hydrogens (primary N) is 1. The van der Waals surface area contributed by atoms with E-state index >= 15 is 0 Å². The maximum atomic E-state index is 10.3. The van der Waals surface area contributed by atoms with E-state index in [4.69, 9.17) is 5.73 Å². The van der Waals surface area contributed by atoms with Gasteiger partial charge in [-0.05, 0) is 6.42 Å². The Labute approximate surface area is 75.8 Å². The summed E-state index contributed by atoms with van der Waals surface area (Å²) in [6.45, 7) is 8.17. The molecule has 0 rings (SSSR count). The molecule has 0 unspecified atom stereocenters. The second-order valence-electron chi connectivity index (χ2n) is 2.63. The first-order chi connectivity index (χ1) is 5.77. The molecule has 0 radical (unpaired) electrons. The predicted molar refractivity (Wildman–Crippen MR) is 53.8 cm³/mol. The minimum Gasteiger partial charge on any atom is -0.370 e. The van der Waals surface area contributed by atoms with Gasteiger partial charge in [0, 0.05) is 6.42 Å². The molecule has 72 valence electrons. The van der Waals surface area contributed by atoms with Crippen molar-refractivity contribution in [2.45, 2.75) is 45.4 Å².